The molecule has 152 valence electrons. The van der Waals surface area contributed by atoms with Crippen molar-refractivity contribution < 1.29 is 24.5 Å². The van der Waals surface area contributed by atoms with E-state index in [4.69, 9.17) is 26.2 Å². The van der Waals surface area contributed by atoms with E-state index in [9.17, 15) is 9.90 Å². The lowest BCUT2D eigenvalue weighted by molar-refractivity contribution is 0.0602. The van der Waals surface area contributed by atoms with Crippen LogP contribution in [0.15, 0.2) is 6.07 Å². The van der Waals surface area contributed by atoms with Crippen molar-refractivity contribution in [3.05, 3.63) is 22.2 Å². The number of ether oxygens (including phenoxy) is 2. The lowest BCUT2D eigenvalue weighted by atomic mass is 10.0. The third-order valence-corrected chi connectivity index (χ3v) is 4.98. The van der Waals surface area contributed by atoms with Gasteiger partial charge < -0.3 is 30.3 Å². The van der Waals surface area contributed by atoms with Crippen LogP contribution in [-0.2, 0) is 11.2 Å². The molecule has 1 amide bonds. The molecular formula is C19H29ClN2O5. The molecule has 0 aromatic heterocycles. The van der Waals surface area contributed by atoms with Gasteiger partial charge in [-0.15, -0.1) is 0 Å². The highest BCUT2D eigenvalue weighted by molar-refractivity contribution is 6.33. The van der Waals surface area contributed by atoms with E-state index in [1.54, 1.807) is 6.07 Å². The van der Waals surface area contributed by atoms with Crippen molar-refractivity contribution in [2.24, 2.45) is 0 Å². The predicted molar refractivity (Wildman–Crippen MR) is 104 cm³/mol. The number of aryl methyl sites for hydroxylation is 1. The van der Waals surface area contributed by atoms with Crippen molar-refractivity contribution in [1.82, 2.24) is 10.6 Å². The van der Waals surface area contributed by atoms with Crippen molar-refractivity contribution in [3.63, 3.8) is 0 Å². The Kier molecular flexibility index (Phi) is 8.63. The maximum atomic E-state index is 12.7. The first-order valence-electron chi connectivity index (χ1n) is 9.34. The van der Waals surface area contributed by atoms with E-state index in [1.807, 2.05) is 6.92 Å². The Balaban J connectivity index is 1.92. The lowest BCUT2D eigenvalue weighted by Gasteiger charge is -2.17. The van der Waals surface area contributed by atoms with Gasteiger partial charge in [-0.1, -0.05) is 18.5 Å². The number of phenols is 1. The average Bonchev–Trinajstić information content (AvgIpc) is 3.12. The summed E-state index contributed by atoms with van der Waals surface area (Å²) in [7, 11) is 1.42. The molecule has 0 bridgehead atoms. The second-order valence-corrected chi connectivity index (χ2v) is 7.01. The highest BCUT2D eigenvalue weighted by Gasteiger charge is 2.27. The Hall–Kier alpha value is -1.54. The van der Waals surface area contributed by atoms with Crippen molar-refractivity contribution >= 4 is 17.5 Å². The molecule has 0 radical (unpaired) electrons. The maximum absolute atomic E-state index is 12.7. The Labute approximate surface area is 165 Å². The number of benzene rings is 1. The molecule has 1 heterocycles. The van der Waals surface area contributed by atoms with Crippen LogP contribution in [0.25, 0.3) is 0 Å². The van der Waals surface area contributed by atoms with Gasteiger partial charge in [0.1, 0.15) is 11.3 Å². The van der Waals surface area contributed by atoms with Crippen LogP contribution in [0.3, 0.4) is 0 Å². The highest BCUT2D eigenvalue weighted by atomic mass is 35.5. The summed E-state index contributed by atoms with van der Waals surface area (Å²) in [6.07, 6.45) is 3.02. The van der Waals surface area contributed by atoms with Crippen LogP contribution in [-0.4, -0.2) is 61.7 Å². The molecule has 1 fully saturated rings. The monoisotopic (exact) mass is 400 g/mol. The fourth-order valence-corrected chi connectivity index (χ4v) is 3.49. The summed E-state index contributed by atoms with van der Waals surface area (Å²) < 4.78 is 11.0. The maximum Gasteiger partial charge on any atom is 0.258 e. The molecule has 2 atom stereocenters. The van der Waals surface area contributed by atoms with Gasteiger partial charge in [-0.3, -0.25) is 4.79 Å². The quantitative estimate of drug-likeness (QED) is 0.447. The van der Waals surface area contributed by atoms with Crippen LogP contribution >= 0.6 is 11.6 Å². The zero-order valence-electron chi connectivity index (χ0n) is 15.9. The number of aliphatic hydroxyl groups is 1. The SMILES string of the molecule is CCc1cc(Cl)c(OC)c(C(=O)NC[C@@H]2C[C@@H](OCCCCO)CN2)c1O. The topological polar surface area (TPSA) is 100 Å². The molecule has 1 aliphatic rings. The fourth-order valence-electron chi connectivity index (χ4n) is 3.19. The van der Waals surface area contributed by atoms with E-state index in [2.05, 4.69) is 10.6 Å². The molecule has 0 saturated carbocycles. The van der Waals surface area contributed by atoms with E-state index in [0.29, 0.717) is 30.2 Å². The van der Waals surface area contributed by atoms with Crippen LogP contribution in [0, 0.1) is 0 Å². The van der Waals surface area contributed by atoms with Crippen LogP contribution in [0.1, 0.15) is 42.1 Å². The minimum Gasteiger partial charge on any atom is -0.507 e. The Morgan fingerprint density at radius 2 is 2.22 bits per heavy atom. The first kappa shape index (κ1) is 21.8. The summed E-state index contributed by atoms with van der Waals surface area (Å²) in [4.78, 5) is 12.7. The van der Waals surface area contributed by atoms with Gasteiger partial charge in [0.2, 0.25) is 0 Å². The van der Waals surface area contributed by atoms with E-state index in [-0.39, 0.29) is 35.8 Å². The number of phenolic OH excluding ortho intramolecular Hbond substituents is 1. The van der Waals surface area contributed by atoms with E-state index in [0.717, 1.165) is 25.8 Å². The van der Waals surface area contributed by atoms with Gasteiger partial charge in [-0.2, -0.15) is 0 Å². The zero-order valence-corrected chi connectivity index (χ0v) is 16.6. The Morgan fingerprint density at radius 1 is 1.44 bits per heavy atom. The largest absolute Gasteiger partial charge is 0.507 e. The van der Waals surface area contributed by atoms with Crippen LogP contribution in [0.5, 0.6) is 11.5 Å². The van der Waals surface area contributed by atoms with E-state index in [1.165, 1.54) is 7.11 Å². The van der Waals surface area contributed by atoms with Gasteiger partial charge in [0.25, 0.3) is 5.91 Å². The molecule has 0 unspecified atom stereocenters. The van der Waals surface area contributed by atoms with Gasteiger partial charge in [0, 0.05) is 32.3 Å². The first-order valence-corrected chi connectivity index (χ1v) is 9.71. The number of methoxy groups -OCH3 is 1. The molecule has 1 aliphatic heterocycles. The van der Waals surface area contributed by atoms with Crippen molar-refractivity contribution in [2.75, 3.05) is 33.4 Å². The van der Waals surface area contributed by atoms with E-state index < -0.39 is 5.91 Å². The predicted octanol–water partition coefficient (Wildman–Crippen LogP) is 1.87. The summed E-state index contributed by atoms with van der Waals surface area (Å²) in [5.41, 5.74) is 0.665. The number of carbonyl (C=O) groups is 1. The number of nitrogens with one attached hydrogen (secondary N) is 2. The summed E-state index contributed by atoms with van der Waals surface area (Å²) in [5.74, 6) is -0.343. The number of aromatic hydroxyl groups is 1. The number of halogens is 1. The molecule has 8 heteroatoms. The molecule has 27 heavy (non-hydrogen) atoms. The second kappa shape index (κ2) is 10.7. The van der Waals surface area contributed by atoms with Crippen LogP contribution in [0.2, 0.25) is 5.02 Å². The third-order valence-electron chi connectivity index (χ3n) is 4.69. The zero-order chi connectivity index (χ0) is 19.8. The molecule has 1 aromatic carbocycles. The van der Waals surface area contributed by atoms with E-state index >= 15 is 0 Å². The number of hydrogen-bond donors (Lipinski definition) is 4. The van der Waals surface area contributed by atoms with Crippen molar-refractivity contribution in [2.45, 2.75) is 44.8 Å². The number of hydrogen-bond acceptors (Lipinski definition) is 6. The normalized spacial score (nSPS) is 19.3. The van der Waals surface area contributed by atoms with Crippen LogP contribution in [0.4, 0.5) is 0 Å². The number of aliphatic hydroxyl groups excluding tert-OH is 1. The standard InChI is InChI=1S/C19H29ClN2O5/c1-3-12-8-15(20)18(26-2)16(17(12)24)19(25)22-10-13-9-14(11-21-13)27-7-5-4-6-23/h8,13-14,21,23-24H,3-7,9-11H2,1-2H3,(H,22,25)/t13-,14+/m0/s1. The van der Waals surface area contributed by atoms with Gasteiger partial charge in [0.15, 0.2) is 5.75 Å². The summed E-state index contributed by atoms with van der Waals surface area (Å²) in [5, 5.41) is 25.7. The molecule has 0 aliphatic carbocycles. The number of rotatable bonds is 10. The van der Waals surface area contributed by atoms with Crippen molar-refractivity contribution in [3.8, 4) is 11.5 Å². The molecule has 7 nitrogen and oxygen atoms in total. The van der Waals surface area contributed by atoms with Gasteiger partial charge in [-0.05, 0) is 37.3 Å². The van der Waals surface area contributed by atoms with Crippen molar-refractivity contribution in [1.29, 1.82) is 0 Å². The Bertz CT molecular complexity index is 641. The van der Waals surface area contributed by atoms with Gasteiger partial charge >= 0.3 is 0 Å². The molecule has 2 rings (SSSR count). The molecule has 1 aromatic rings. The summed E-state index contributed by atoms with van der Waals surface area (Å²) in [6, 6.07) is 1.71. The van der Waals surface area contributed by atoms with Gasteiger partial charge in [-0.25, -0.2) is 0 Å². The number of amides is 1. The van der Waals surface area contributed by atoms with Gasteiger partial charge in [0.05, 0.1) is 18.2 Å². The third kappa shape index (κ3) is 5.72. The minimum atomic E-state index is -0.421. The summed E-state index contributed by atoms with van der Waals surface area (Å²) in [6.45, 7) is 3.82. The lowest BCUT2D eigenvalue weighted by Crippen LogP contribution is -2.37. The minimum absolute atomic E-state index is 0.0663. The molecule has 0 spiro atoms. The fraction of sp³-hybridized carbons (Fsp3) is 0.632. The molecular weight excluding hydrogens is 372 g/mol. The number of unbranched alkanes of at least 4 members (excludes halogenated alkanes) is 1. The van der Waals surface area contributed by atoms with Crippen LogP contribution < -0.4 is 15.4 Å². The first-order chi connectivity index (χ1) is 13.0. The second-order valence-electron chi connectivity index (χ2n) is 6.60. The molecule has 1 saturated heterocycles. The average molecular weight is 401 g/mol. The highest BCUT2D eigenvalue weighted by Crippen LogP contribution is 2.38. The smallest absolute Gasteiger partial charge is 0.258 e. The molecule has 4 N–H and O–H groups in total. The number of carbonyl (C=O) groups excluding carboxylic acids is 1. The summed E-state index contributed by atoms with van der Waals surface area (Å²) >= 11 is 6.19. The Morgan fingerprint density at radius 3 is 2.89 bits per heavy atom.